The molecule has 0 spiro atoms. The minimum atomic E-state index is -0.652. The van der Waals surface area contributed by atoms with Gasteiger partial charge >= 0.3 is 0 Å². The molecule has 0 atom stereocenters. The van der Waals surface area contributed by atoms with Crippen LogP contribution in [0.5, 0.6) is 0 Å². The molecule has 0 saturated heterocycles. The molecule has 2 aromatic rings. The van der Waals surface area contributed by atoms with Crippen LogP contribution in [0, 0.1) is 5.82 Å². The van der Waals surface area contributed by atoms with Gasteiger partial charge in [0.1, 0.15) is 11.5 Å². The zero-order valence-electron chi connectivity index (χ0n) is 7.28. The SMILES string of the molecule is O=C(c1cnsn1)c1c(F)cccc1Cl. The van der Waals surface area contributed by atoms with Gasteiger partial charge < -0.3 is 0 Å². The molecule has 0 N–H and O–H groups in total. The van der Waals surface area contributed by atoms with E-state index in [2.05, 4.69) is 8.75 Å². The molecule has 3 nitrogen and oxygen atoms in total. The quantitative estimate of drug-likeness (QED) is 0.760. The second kappa shape index (κ2) is 4.04. The summed E-state index contributed by atoms with van der Waals surface area (Å²) in [6, 6.07) is 4.07. The summed E-state index contributed by atoms with van der Waals surface area (Å²) in [6.07, 6.45) is 1.29. The number of nitrogens with zero attached hydrogens (tertiary/aromatic N) is 2. The van der Waals surface area contributed by atoms with Gasteiger partial charge in [0, 0.05) is 0 Å². The molecule has 0 saturated carbocycles. The van der Waals surface area contributed by atoms with Gasteiger partial charge in [0.05, 0.1) is 28.5 Å². The van der Waals surface area contributed by atoms with E-state index in [1.165, 1.54) is 24.4 Å². The molecule has 6 heteroatoms. The number of benzene rings is 1. The van der Waals surface area contributed by atoms with Gasteiger partial charge in [0.15, 0.2) is 0 Å². The number of hydrogen-bond donors (Lipinski definition) is 0. The van der Waals surface area contributed by atoms with E-state index in [9.17, 15) is 9.18 Å². The molecule has 1 aromatic heterocycles. The van der Waals surface area contributed by atoms with Crippen LogP contribution in [-0.4, -0.2) is 14.5 Å². The molecule has 0 aliphatic rings. The largest absolute Gasteiger partial charge is 0.287 e. The monoisotopic (exact) mass is 242 g/mol. The highest BCUT2D eigenvalue weighted by Crippen LogP contribution is 2.21. The molecule has 2 rings (SSSR count). The first-order valence-electron chi connectivity index (χ1n) is 3.96. The lowest BCUT2D eigenvalue weighted by atomic mass is 10.1. The van der Waals surface area contributed by atoms with E-state index in [-0.39, 0.29) is 16.3 Å². The Morgan fingerprint density at radius 3 is 2.87 bits per heavy atom. The first-order chi connectivity index (χ1) is 7.20. The Balaban J connectivity index is 2.51. The molecule has 0 aliphatic carbocycles. The Morgan fingerprint density at radius 1 is 1.47 bits per heavy atom. The van der Waals surface area contributed by atoms with Crippen LogP contribution in [0.25, 0.3) is 0 Å². The maximum Gasteiger partial charge on any atom is 0.218 e. The molecule has 0 fully saturated rings. The van der Waals surface area contributed by atoms with Crippen molar-refractivity contribution < 1.29 is 9.18 Å². The number of ketones is 1. The zero-order chi connectivity index (χ0) is 10.8. The van der Waals surface area contributed by atoms with Crippen LogP contribution in [0.4, 0.5) is 4.39 Å². The van der Waals surface area contributed by atoms with Crippen LogP contribution in [0.3, 0.4) is 0 Å². The molecule has 1 heterocycles. The molecule has 0 bridgehead atoms. The van der Waals surface area contributed by atoms with Crippen molar-refractivity contribution in [2.45, 2.75) is 0 Å². The lowest BCUT2D eigenvalue weighted by molar-refractivity contribution is 0.103. The lowest BCUT2D eigenvalue weighted by Crippen LogP contribution is -2.05. The van der Waals surface area contributed by atoms with Gasteiger partial charge in [-0.1, -0.05) is 17.7 Å². The Hall–Kier alpha value is -1.33. The predicted octanol–water partition coefficient (Wildman–Crippen LogP) is 2.56. The minimum Gasteiger partial charge on any atom is -0.287 e. The number of aromatic nitrogens is 2. The Morgan fingerprint density at radius 2 is 2.27 bits per heavy atom. The summed E-state index contributed by atoms with van der Waals surface area (Å²) in [7, 11) is 0. The van der Waals surface area contributed by atoms with Gasteiger partial charge in [0.2, 0.25) is 5.78 Å². The molecule has 0 unspecified atom stereocenters. The van der Waals surface area contributed by atoms with Crippen LogP contribution < -0.4 is 0 Å². The zero-order valence-corrected chi connectivity index (χ0v) is 8.85. The second-order valence-corrected chi connectivity index (χ2v) is 3.68. The maximum atomic E-state index is 13.3. The van der Waals surface area contributed by atoms with Crippen LogP contribution in [0.15, 0.2) is 24.4 Å². The third-order valence-corrected chi connectivity index (χ3v) is 2.58. The van der Waals surface area contributed by atoms with Gasteiger partial charge in [-0.25, -0.2) is 4.39 Å². The highest BCUT2D eigenvalue weighted by atomic mass is 35.5. The average Bonchev–Trinajstić information content (AvgIpc) is 2.69. The number of carbonyl (C=O) groups is 1. The van der Waals surface area contributed by atoms with Crippen molar-refractivity contribution in [2.75, 3.05) is 0 Å². The van der Waals surface area contributed by atoms with Crippen molar-refractivity contribution in [3.8, 4) is 0 Å². The third kappa shape index (κ3) is 1.88. The van der Waals surface area contributed by atoms with Gasteiger partial charge in [-0.05, 0) is 12.1 Å². The van der Waals surface area contributed by atoms with Crippen molar-refractivity contribution in [2.24, 2.45) is 0 Å². The fourth-order valence-corrected chi connectivity index (χ4v) is 1.77. The fraction of sp³-hybridized carbons (Fsp3) is 0. The Bertz CT molecular complexity index is 481. The highest BCUT2D eigenvalue weighted by molar-refractivity contribution is 6.99. The van der Waals surface area contributed by atoms with Crippen molar-refractivity contribution in [1.29, 1.82) is 0 Å². The normalized spacial score (nSPS) is 10.3. The Kier molecular flexibility index (Phi) is 2.75. The van der Waals surface area contributed by atoms with Crippen LogP contribution in [-0.2, 0) is 0 Å². The van der Waals surface area contributed by atoms with E-state index in [0.29, 0.717) is 0 Å². The van der Waals surface area contributed by atoms with Crippen LogP contribution in [0.1, 0.15) is 16.1 Å². The summed E-state index contributed by atoms with van der Waals surface area (Å²) >= 11 is 6.62. The number of carbonyl (C=O) groups excluding carboxylic acids is 1. The lowest BCUT2D eigenvalue weighted by Gasteiger charge is -2.01. The van der Waals surface area contributed by atoms with Crippen molar-refractivity contribution in [3.63, 3.8) is 0 Å². The second-order valence-electron chi connectivity index (χ2n) is 2.72. The molecule has 76 valence electrons. The Labute approximate surface area is 93.8 Å². The van der Waals surface area contributed by atoms with E-state index in [0.717, 1.165) is 11.7 Å². The predicted molar refractivity (Wildman–Crippen MR) is 54.8 cm³/mol. The number of rotatable bonds is 2. The van der Waals surface area contributed by atoms with E-state index in [1.54, 1.807) is 0 Å². The van der Waals surface area contributed by atoms with Crippen LogP contribution in [0.2, 0.25) is 5.02 Å². The first-order valence-corrected chi connectivity index (χ1v) is 5.07. The topological polar surface area (TPSA) is 42.9 Å². The molecule has 0 radical (unpaired) electrons. The molecule has 1 aromatic carbocycles. The van der Waals surface area contributed by atoms with Gasteiger partial charge in [-0.3, -0.25) is 4.79 Å². The van der Waals surface area contributed by atoms with Gasteiger partial charge in [-0.15, -0.1) is 0 Å². The number of halogens is 2. The minimum absolute atomic E-state index is 0.0769. The van der Waals surface area contributed by atoms with E-state index in [1.807, 2.05) is 0 Å². The summed E-state index contributed by atoms with van der Waals surface area (Å²) in [4.78, 5) is 11.7. The van der Waals surface area contributed by atoms with E-state index < -0.39 is 11.6 Å². The number of hydrogen-bond acceptors (Lipinski definition) is 4. The van der Waals surface area contributed by atoms with Crippen molar-refractivity contribution in [3.05, 3.63) is 46.5 Å². The van der Waals surface area contributed by atoms with Crippen molar-refractivity contribution in [1.82, 2.24) is 8.75 Å². The third-order valence-electron chi connectivity index (χ3n) is 1.78. The van der Waals surface area contributed by atoms with Crippen molar-refractivity contribution >= 4 is 29.1 Å². The summed E-state index contributed by atoms with van der Waals surface area (Å²) in [5.74, 6) is -1.20. The summed E-state index contributed by atoms with van der Waals surface area (Å²) in [5.41, 5.74) is -0.0566. The summed E-state index contributed by atoms with van der Waals surface area (Å²) in [5, 5.41) is 0.0769. The molecule has 0 amide bonds. The molecule has 15 heavy (non-hydrogen) atoms. The fourth-order valence-electron chi connectivity index (χ4n) is 1.11. The van der Waals surface area contributed by atoms with E-state index in [4.69, 9.17) is 11.6 Å². The summed E-state index contributed by atoms with van der Waals surface area (Å²) < 4.78 is 20.7. The maximum absolute atomic E-state index is 13.3. The average molecular weight is 243 g/mol. The van der Waals surface area contributed by atoms with Gasteiger partial charge in [0.25, 0.3) is 0 Å². The molecular weight excluding hydrogens is 239 g/mol. The molecular formula is C9H4ClFN2OS. The highest BCUT2D eigenvalue weighted by Gasteiger charge is 2.19. The van der Waals surface area contributed by atoms with Gasteiger partial charge in [-0.2, -0.15) is 8.75 Å². The summed E-state index contributed by atoms with van der Waals surface area (Å²) in [6.45, 7) is 0. The first kappa shape index (κ1) is 10.2. The van der Waals surface area contributed by atoms with E-state index >= 15 is 0 Å². The molecule has 0 aliphatic heterocycles. The standard InChI is InChI=1S/C9H4ClFN2OS/c10-5-2-1-3-6(11)8(5)9(14)7-4-12-15-13-7/h1-4H. The van der Waals surface area contributed by atoms with Crippen LogP contribution >= 0.6 is 23.3 Å². The smallest absolute Gasteiger partial charge is 0.218 e.